The number of carbonyl (C=O) groups is 1. The Balaban J connectivity index is 1.39. The minimum absolute atomic E-state index is 0.272. The highest BCUT2D eigenvalue weighted by atomic mass is 79.9. The predicted molar refractivity (Wildman–Crippen MR) is 192 cm³/mol. The number of hydrogen-bond acceptors (Lipinski definition) is 8. The molecule has 0 aliphatic carbocycles. The third-order valence-electron chi connectivity index (χ3n) is 7.89. The summed E-state index contributed by atoms with van der Waals surface area (Å²) in [6.45, 7) is 8.15. The predicted octanol–water partition coefficient (Wildman–Crippen LogP) is 7.09. The Kier molecular flexibility index (Phi) is 9.84. The van der Waals surface area contributed by atoms with E-state index >= 15 is 0 Å². The van der Waals surface area contributed by atoms with Crippen LogP contribution in [0.15, 0.2) is 104 Å². The van der Waals surface area contributed by atoms with Gasteiger partial charge < -0.3 is 18.9 Å². The van der Waals surface area contributed by atoms with Crippen molar-refractivity contribution in [3.63, 3.8) is 0 Å². The van der Waals surface area contributed by atoms with Crippen LogP contribution < -0.4 is 29.1 Å². The monoisotopic (exact) mass is 726 g/mol. The maximum absolute atomic E-state index is 14.2. The van der Waals surface area contributed by atoms with Crippen molar-refractivity contribution < 1.29 is 23.7 Å². The van der Waals surface area contributed by atoms with Crippen LogP contribution in [0.1, 0.15) is 50.4 Å². The molecule has 1 aliphatic heterocycles. The van der Waals surface area contributed by atoms with Crippen LogP contribution in [0.5, 0.6) is 17.2 Å². The smallest absolute Gasteiger partial charge is 0.338 e. The summed E-state index contributed by atoms with van der Waals surface area (Å²) in [4.78, 5) is 32.8. The number of hydrogen-bond donors (Lipinski definition) is 0. The Morgan fingerprint density at radius 2 is 1.79 bits per heavy atom. The van der Waals surface area contributed by atoms with Gasteiger partial charge in [0.25, 0.3) is 5.56 Å². The van der Waals surface area contributed by atoms with Gasteiger partial charge in [-0.2, -0.15) is 0 Å². The molecule has 2 heterocycles. The van der Waals surface area contributed by atoms with Crippen LogP contribution in [0.2, 0.25) is 0 Å². The second kappa shape index (κ2) is 14.2. The molecule has 1 aliphatic rings. The quantitative estimate of drug-likeness (QED) is 0.143. The lowest BCUT2D eigenvalue weighted by Crippen LogP contribution is -2.40. The van der Waals surface area contributed by atoms with Crippen molar-refractivity contribution in [2.24, 2.45) is 4.99 Å². The molecule has 8 nitrogen and oxygen atoms in total. The van der Waals surface area contributed by atoms with E-state index in [2.05, 4.69) is 34.1 Å². The van der Waals surface area contributed by atoms with Gasteiger partial charge in [-0.1, -0.05) is 65.9 Å². The maximum Gasteiger partial charge on any atom is 0.338 e. The molecule has 0 saturated carbocycles. The molecule has 0 saturated heterocycles. The summed E-state index contributed by atoms with van der Waals surface area (Å²) < 4.78 is 26.0. The fourth-order valence-electron chi connectivity index (χ4n) is 5.77. The molecule has 0 bridgehead atoms. The second-order valence-electron chi connectivity index (χ2n) is 11.5. The third kappa shape index (κ3) is 6.68. The van der Waals surface area contributed by atoms with E-state index in [9.17, 15) is 9.59 Å². The van der Waals surface area contributed by atoms with E-state index < -0.39 is 12.0 Å². The summed E-state index contributed by atoms with van der Waals surface area (Å²) in [6.07, 6.45) is 1.46. The van der Waals surface area contributed by atoms with Crippen molar-refractivity contribution in [3.05, 3.63) is 131 Å². The van der Waals surface area contributed by atoms with Crippen molar-refractivity contribution >= 4 is 50.1 Å². The van der Waals surface area contributed by atoms with E-state index in [-0.39, 0.29) is 11.7 Å². The fourth-order valence-corrected chi connectivity index (χ4v) is 7.39. The van der Waals surface area contributed by atoms with E-state index in [1.54, 1.807) is 38.5 Å². The van der Waals surface area contributed by atoms with Gasteiger partial charge in [-0.3, -0.25) is 9.36 Å². The number of esters is 1. The molecule has 246 valence electrons. The number of aromatic nitrogens is 1. The first-order chi connectivity index (χ1) is 23.2. The Morgan fingerprint density at radius 1 is 1.04 bits per heavy atom. The molecule has 0 amide bonds. The van der Waals surface area contributed by atoms with E-state index in [0.717, 1.165) is 27.5 Å². The number of halogens is 1. The molecule has 1 atom stereocenters. The number of carbonyl (C=O) groups excluding carboxylic acids is 1. The van der Waals surface area contributed by atoms with Crippen LogP contribution in [-0.4, -0.2) is 30.4 Å². The van der Waals surface area contributed by atoms with Gasteiger partial charge in [0.05, 0.1) is 46.1 Å². The van der Waals surface area contributed by atoms with Crippen LogP contribution in [0.3, 0.4) is 0 Å². The highest BCUT2D eigenvalue weighted by molar-refractivity contribution is 9.10. The maximum atomic E-state index is 14.2. The lowest BCUT2D eigenvalue weighted by atomic mass is 9.96. The largest absolute Gasteiger partial charge is 0.494 e. The number of thiazole rings is 1. The number of ether oxygens (including phenoxy) is 4. The summed E-state index contributed by atoms with van der Waals surface area (Å²) in [5.74, 6) is 1.27. The van der Waals surface area contributed by atoms with E-state index in [1.807, 2.05) is 67.6 Å². The van der Waals surface area contributed by atoms with Gasteiger partial charge >= 0.3 is 5.97 Å². The van der Waals surface area contributed by atoms with Crippen LogP contribution in [0, 0.1) is 0 Å². The number of benzene rings is 4. The average molecular weight is 728 g/mol. The molecule has 0 fully saturated rings. The van der Waals surface area contributed by atoms with Gasteiger partial charge in [0.2, 0.25) is 0 Å². The van der Waals surface area contributed by atoms with Crippen molar-refractivity contribution in [1.82, 2.24) is 4.57 Å². The average Bonchev–Trinajstić information content (AvgIpc) is 3.37. The Bertz CT molecular complexity index is 2210. The van der Waals surface area contributed by atoms with Gasteiger partial charge in [0, 0.05) is 0 Å². The fraction of sp³-hybridized carbons (Fsp3) is 0.237. The topological polar surface area (TPSA) is 88.4 Å². The molecule has 6 rings (SSSR count). The normalized spacial score (nSPS) is 14.6. The number of fused-ring (bicyclic) bond motifs is 2. The van der Waals surface area contributed by atoms with Crippen molar-refractivity contribution in [3.8, 4) is 17.2 Å². The molecule has 4 aromatic carbocycles. The molecule has 5 aromatic rings. The summed E-state index contributed by atoms with van der Waals surface area (Å²) in [5, 5.41) is 2.27. The lowest BCUT2D eigenvalue weighted by molar-refractivity contribution is -0.143. The van der Waals surface area contributed by atoms with E-state index in [0.29, 0.717) is 55.5 Å². The zero-order valence-corrected chi connectivity index (χ0v) is 29.7. The van der Waals surface area contributed by atoms with Gasteiger partial charge in [-0.15, -0.1) is 0 Å². The number of methoxy groups -OCH3 is 1. The first kappa shape index (κ1) is 33.2. The molecule has 1 aromatic heterocycles. The van der Waals surface area contributed by atoms with Crippen LogP contribution in [0.25, 0.3) is 16.8 Å². The Labute approximate surface area is 290 Å². The summed E-state index contributed by atoms with van der Waals surface area (Å²) in [7, 11) is 1.58. The van der Waals surface area contributed by atoms with Crippen molar-refractivity contribution in [2.45, 2.75) is 46.4 Å². The standard InChI is InChI=1S/C38H35BrN2O6S/c1-6-45-28-16-14-26(15-17-28)34-33(37(43)47-22(2)3)23(4)40-38-41(34)36(42)32(48-38)20-24-18-30(39)35(31(19-24)44-5)46-21-27-12-9-11-25-10-7-8-13-29(25)27/h7-20,22,34H,6,21H2,1-5H3/b32-20+/t34-/m0/s1. The summed E-state index contributed by atoms with van der Waals surface area (Å²) in [5.41, 5.74) is 3.09. The van der Waals surface area contributed by atoms with Gasteiger partial charge in [-0.05, 0) is 101 Å². The zero-order valence-electron chi connectivity index (χ0n) is 27.3. The van der Waals surface area contributed by atoms with Crippen LogP contribution in [0.4, 0.5) is 0 Å². The van der Waals surface area contributed by atoms with E-state index in [1.165, 1.54) is 11.3 Å². The highest BCUT2D eigenvalue weighted by Gasteiger charge is 2.34. The first-order valence-electron chi connectivity index (χ1n) is 15.6. The second-order valence-corrected chi connectivity index (χ2v) is 13.4. The summed E-state index contributed by atoms with van der Waals surface area (Å²) >= 11 is 4.93. The molecule has 0 N–H and O–H groups in total. The molecule has 0 unspecified atom stereocenters. The molecule has 0 spiro atoms. The molecule has 48 heavy (non-hydrogen) atoms. The van der Waals surface area contributed by atoms with Gasteiger partial charge in [0.1, 0.15) is 12.4 Å². The minimum atomic E-state index is -0.726. The zero-order chi connectivity index (χ0) is 33.9. The van der Waals surface area contributed by atoms with E-state index in [4.69, 9.17) is 23.9 Å². The molecule has 0 radical (unpaired) electrons. The highest BCUT2D eigenvalue weighted by Crippen LogP contribution is 2.38. The van der Waals surface area contributed by atoms with Gasteiger partial charge in [0.15, 0.2) is 16.3 Å². The third-order valence-corrected chi connectivity index (χ3v) is 9.46. The first-order valence-corrected chi connectivity index (χ1v) is 17.2. The van der Waals surface area contributed by atoms with Crippen LogP contribution in [-0.2, 0) is 16.1 Å². The lowest BCUT2D eigenvalue weighted by Gasteiger charge is -2.25. The number of nitrogens with zero attached hydrogens (tertiary/aromatic N) is 2. The van der Waals surface area contributed by atoms with Crippen molar-refractivity contribution in [2.75, 3.05) is 13.7 Å². The van der Waals surface area contributed by atoms with Crippen molar-refractivity contribution in [1.29, 1.82) is 0 Å². The summed E-state index contributed by atoms with van der Waals surface area (Å²) in [6, 6.07) is 24.7. The van der Waals surface area contributed by atoms with Gasteiger partial charge in [-0.25, -0.2) is 9.79 Å². The number of allylic oxidation sites excluding steroid dienone is 1. The minimum Gasteiger partial charge on any atom is -0.494 e. The molecule has 10 heteroatoms. The Hall–Kier alpha value is -4.67. The number of rotatable bonds is 10. The van der Waals surface area contributed by atoms with Crippen LogP contribution >= 0.6 is 27.3 Å². The SMILES string of the molecule is CCOc1ccc([C@H]2C(C(=O)OC(C)C)=C(C)N=c3s/c(=C/c4cc(Br)c(OCc5cccc6ccccc56)c(OC)c4)c(=O)n32)cc1. The molecular weight excluding hydrogens is 692 g/mol. The molecular formula is C38H35BrN2O6S. The Morgan fingerprint density at radius 3 is 2.52 bits per heavy atom.